The molecule has 33 heavy (non-hydrogen) atoms. The Kier molecular flexibility index (Phi) is 5.30. The molecule has 1 saturated carbocycles. The van der Waals surface area contributed by atoms with E-state index in [1.54, 1.807) is 0 Å². The summed E-state index contributed by atoms with van der Waals surface area (Å²) in [5.41, 5.74) is 0.106. The van der Waals surface area contributed by atoms with Crippen molar-refractivity contribution in [3.63, 3.8) is 0 Å². The molecule has 3 rings (SSSR count). The summed E-state index contributed by atoms with van der Waals surface area (Å²) < 4.78 is 6.46. The van der Waals surface area contributed by atoms with Gasteiger partial charge < -0.3 is 9.84 Å². The summed E-state index contributed by atoms with van der Waals surface area (Å²) >= 11 is 0. The molecule has 4 heteroatoms. The second-order valence-corrected chi connectivity index (χ2v) is 13.0. The molecule has 1 saturated heterocycles. The third-order valence-corrected chi connectivity index (χ3v) is 10.5. The van der Waals surface area contributed by atoms with Crippen LogP contribution in [0.4, 0.5) is 0 Å². The number of allylic oxidation sites excluding steroid dienone is 1. The highest BCUT2D eigenvalue weighted by atomic mass is 16.6. The Morgan fingerprint density at radius 3 is 1.61 bits per heavy atom. The number of carbonyl (C=O) groups is 2. The van der Waals surface area contributed by atoms with Gasteiger partial charge in [-0.05, 0) is 56.7 Å². The number of hydrogen-bond donors (Lipinski definition) is 1. The second kappa shape index (κ2) is 6.81. The zero-order valence-corrected chi connectivity index (χ0v) is 22.8. The second-order valence-electron chi connectivity index (χ2n) is 13.0. The van der Waals surface area contributed by atoms with Crippen molar-refractivity contribution in [3.05, 3.63) is 40.0 Å². The third-order valence-electron chi connectivity index (χ3n) is 10.5. The van der Waals surface area contributed by atoms with Gasteiger partial charge in [0.15, 0.2) is 11.6 Å². The lowest BCUT2D eigenvalue weighted by Gasteiger charge is -2.66. The van der Waals surface area contributed by atoms with E-state index in [4.69, 9.17) is 4.74 Å². The molecule has 0 aromatic heterocycles. The average molecular weight is 455 g/mol. The van der Waals surface area contributed by atoms with Gasteiger partial charge in [-0.3, -0.25) is 9.59 Å². The highest BCUT2D eigenvalue weighted by Crippen LogP contribution is 2.63. The van der Waals surface area contributed by atoms with Gasteiger partial charge in [0, 0.05) is 21.8 Å². The molecule has 182 valence electrons. The minimum Gasteiger partial charge on any atom is -0.506 e. The van der Waals surface area contributed by atoms with Gasteiger partial charge in [0.1, 0.15) is 11.3 Å². The predicted molar refractivity (Wildman–Crippen MR) is 133 cm³/mol. The number of ether oxygens (including phenoxy) is 1. The number of Topliss-reactive ketones (excluding diaryl/α,β-unsaturated/α-hetero) is 2. The van der Waals surface area contributed by atoms with Crippen LogP contribution in [0.2, 0.25) is 0 Å². The van der Waals surface area contributed by atoms with Crippen molar-refractivity contribution in [2.45, 2.75) is 101 Å². The molecule has 1 aliphatic carbocycles. The maximum absolute atomic E-state index is 13.6. The fraction of sp³-hybridized carbons (Fsp3) is 0.655. The molecule has 0 spiro atoms. The summed E-state index contributed by atoms with van der Waals surface area (Å²) in [6.07, 6.45) is 0. The van der Waals surface area contributed by atoms with Gasteiger partial charge in [-0.25, -0.2) is 0 Å². The number of aryl methyl sites for hydroxylation is 1. The molecular weight excluding hydrogens is 412 g/mol. The molecule has 1 aromatic rings. The van der Waals surface area contributed by atoms with Crippen LogP contribution in [-0.2, 0) is 19.9 Å². The first-order valence-corrected chi connectivity index (χ1v) is 12.0. The molecule has 1 unspecified atom stereocenters. The molecule has 2 aliphatic rings. The summed E-state index contributed by atoms with van der Waals surface area (Å²) in [6, 6.07) is 3.76. The van der Waals surface area contributed by atoms with Gasteiger partial charge in [-0.1, -0.05) is 67.5 Å². The summed E-state index contributed by atoms with van der Waals surface area (Å²) in [6.45, 7) is 26.1. The minimum absolute atomic E-state index is 0.0819. The Hall–Kier alpha value is -1.94. The summed E-state index contributed by atoms with van der Waals surface area (Å²) in [5, 5.41) is 11.5. The standard InChI is InChI=1S/C29H42O4/c1-16-14-15-18(17(2)20(16)29(13)27(9,10)28(11,12)33-29)21(30)19-22(31)24(3,4)26(7,8)25(5,6)23(19)32/h14-15,30H,1-13H3. The predicted octanol–water partition coefficient (Wildman–Crippen LogP) is 6.85. The van der Waals surface area contributed by atoms with Gasteiger partial charge >= 0.3 is 0 Å². The van der Waals surface area contributed by atoms with E-state index in [-0.39, 0.29) is 33.9 Å². The van der Waals surface area contributed by atoms with Crippen LogP contribution in [-0.4, -0.2) is 22.3 Å². The number of hydrogen-bond acceptors (Lipinski definition) is 4. The van der Waals surface area contributed by atoms with Gasteiger partial charge in [0.25, 0.3) is 0 Å². The van der Waals surface area contributed by atoms with E-state index in [1.807, 2.05) is 67.5 Å². The van der Waals surface area contributed by atoms with Crippen molar-refractivity contribution in [3.8, 4) is 0 Å². The molecule has 0 bridgehead atoms. The van der Waals surface area contributed by atoms with E-state index in [0.29, 0.717) is 5.56 Å². The lowest BCUT2D eigenvalue weighted by atomic mass is 9.46. The minimum atomic E-state index is -0.815. The van der Waals surface area contributed by atoms with Crippen LogP contribution >= 0.6 is 0 Å². The van der Waals surface area contributed by atoms with Crippen molar-refractivity contribution in [1.29, 1.82) is 0 Å². The van der Waals surface area contributed by atoms with E-state index in [2.05, 4.69) is 34.6 Å². The van der Waals surface area contributed by atoms with Gasteiger partial charge in [-0.2, -0.15) is 0 Å². The molecule has 1 N–H and O–H groups in total. The molecule has 4 nitrogen and oxygen atoms in total. The van der Waals surface area contributed by atoms with Crippen LogP contribution in [0.3, 0.4) is 0 Å². The normalized spacial score (nSPS) is 28.9. The SMILES string of the molecule is Cc1ccc(C(O)=C2C(=O)C(C)(C)C(C)(C)C(C)(C)C2=O)c(C)c1C1(C)OC(C)(C)C1(C)C. The van der Waals surface area contributed by atoms with Gasteiger partial charge in [0.05, 0.1) is 11.2 Å². The average Bonchev–Trinajstić information content (AvgIpc) is 2.66. The topological polar surface area (TPSA) is 63.6 Å². The van der Waals surface area contributed by atoms with Crippen LogP contribution in [0.25, 0.3) is 5.76 Å². The Labute approximate surface area is 199 Å². The number of ketones is 2. The Morgan fingerprint density at radius 1 is 0.758 bits per heavy atom. The maximum atomic E-state index is 13.6. The van der Waals surface area contributed by atoms with Crippen LogP contribution < -0.4 is 0 Å². The van der Waals surface area contributed by atoms with Crippen molar-refractivity contribution in [2.75, 3.05) is 0 Å². The molecule has 1 atom stereocenters. The summed E-state index contributed by atoms with van der Waals surface area (Å²) in [7, 11) is 0. The highest BCUT2D eigenvalue weighted by Gasteiger charge is 2.65. The molecule has 1 heterocycles. The van der Waals surface area contributed by atoms with Crippen molar-refractivity contribution in [1.82, 2.24) is 0 Å². The number of aliphatic hydroxyl groups excluding tert-OH is 1. The highest BCUT2D eigenvalue weighted by molar-refractivity contribution is 6.29. The molecule has 2 fully saturated rings. The van der Waals surface area contributed by atoms with E-state index in [1.165, 1.54) is 0 Å². The zero-order valence-electron chi connectivity index (χ0n) is 22.8. The van der Waals surface area contributed by atoms with Crippen LogP contribution in [0.15, 0.2) is 17.7 Å². The number of rotatable bonds is 2. The van der Waals surface area contributed by atoms with Crippen molar-refractivity contribution in [2.24, 2.45) is 21.7 Å². The van der Waals surface area contributed by atoms with Crippen LogP contribution in [0, 0.1) is 35.5 Å². The molecule has 1 aromatic carbocycles. The first-order chi connectivity index (χ1) is 14.6. The number of aliphatic hydroxyl groups is 1. The molecule has 0 amide bonds. The number of benzene rings is 1. The van der Waals surface area contributed by atoms with Crippen molar-refractivity contribution >= 4 is 17.3 Å². The summed E-state index contributed by atoms with van der Waals surface area (Å²) in [5.74, 6) is -0.827. The smallest absolute Gasteiger partial charge is 0.176 e. The third kappa shape index (κ3) is 2.85. The lowest BCUT2D eigenvalue weighted by molar-refractivity contribution is -0.356. The van der Waals surface area contributed by atoms with Crippen LogP contribution in [0.5, 0.6) is 0 Å². The van der Waals surface area contributed by atoms with E-state index in [0.717, 1.165) is 16.7 Å². The Balaban J connectivity index is 2.28. The summed E-state index contributed by atoms with van der Waals surface area (Å²) in [4.78, 5) is 27.3. The molecule has 0 radical (unpaired) electrons. The molecule has 1 aliphatic heterocycles. The van der Waals surface area contributed by atoms with E-state index >= 15 is 0 Å². The first kappa shape index (κ1) is 25.7. The Morgan fingerprint density at radius 2 is 1.21 bits per heavy atom. The van der Waals surface area contributed by atoms with Gasteiger partial charge in [-0.15, -0.1) is 0 Å². The Bertz CT molecular complexity index is 1060. The zero-order chi connectivity index (χ0) is 25.7. The van der Waals surface area contributed by atoms with Crippen molar-refractivity contribution < 1.29 is 19.4 Å². The fourth-order valence-corrected chi connectivity index (χ4v) is 5.92. The number of carbonyl (C=O) groups excluding carboxylic acids is 2. The molecular formula is C29H42O4. The van der Waals surface area contributed by atoms with Gasteiger partial charge in [0.2, 0.25) is 0 Å². The fourth-order valence-electron chi connectivity index (χ4n) is 5.92. The maximum Gasteiger partial charge on any atom is 0.176 e. The lowest BCUT2D eigenvalue weighted by Crippen LogP contribution is -2.68. The first-order valence-electron chi connectivity index (χ1n) is 12.0. The van der Waals surface area contributed by atoms with Crippen LogP contribution in [0.1, 0.15) is 98.4 Å². The monoisotopic (exact) mass is 454 g/mol. The largest absolute Gasteiger partial charge is 0.506 e. The van der Waals surface area contributed by atoms with E-state index < -0.39 is 21.8 Å². The van der Waals surface area contributed by atoms with E-state index in [9.17, 15) is 14.7 Å². The quantitative estimate of drug-likeness (QED) is 0.301.